The number of aryl methyl sites for hydroxylation is 1. The van der Waals surface area contributed by atoms with Crippen molar-refractivity contribution >= 4 is 40.5 Å². The van der Waals surface area contributed by atoms with Crippen molar-refractivity contribution in [1.29, 1.82) is 0 Å². The molecule has 1 aliphatic carbocycles. The number of phenolic OH excluding ortho intramolecular Hbond substituents is 1. The van der Waals surface area contributed by atoms with Gasteiger partial charge in [-0.2, -0.15) is 0 Å². The van der Waals surface area contributed by atoms with E-state index in [1.54, 1.807) is 50.2 Å². The van der Waals surface area contributed by atoms with Crippen molar-refractivity contribution in [2.24, 2.45) is 7.05 Å². The first-order valence-electron chi connectivity index (χ1n) is 20.8. The maximum Gasteiger partial charge on any atom is 0.334 e. The third-order valence-corrected chi connectivity index (χ3v) is 11.9. The largest absolute Gasteiger partial charge is 0.508 e. The van der Waals surface area contributed by atoms with Gasteiger partial charge in [-0.15, -0.1) is 6.58 Å². The molecule has 310 valence electrons. The van der Waals surface area contributed by atoms with Crippen LogP contribution in [0.4, 0.5) is 15.3 Å². The SMILES string of the molecule is C=CCN1CC(=O)N2[C@@H](Cc3ccc(O)cc3)C(=O)N(Cc3cccc4c(-c5ccc(NC(=O)NC6CCCCC6)cc5)cn(C)c34)C[C@@H]2N1C(=O)NCc1ccccc1. The van der Waals surface area contributed by atoms with E-state index in [0.717, 1.165) is 64.4 Å². The summed E-state index contributed by atoms with van der Waals surface area (Å²) in [5, 5.41) is 23.4. The second kappa shape index (κ2) is 17.7. The third-order valence-electron chi connectivity index (χ3n) is 11.9. The number of anilines is 1. The number of para-hydroxylation sites is 1. The first-order valence-corrected chi connectivity index (χ1v) is 20.8. The van der Waals surface area contributed by atoms with Gasteiger partial charge in [-0.1, -0.05) is 98.1 Å². The van der Waals surface area contributed by atoms with Gasteiger partial charge in [0.1, 0.15) is 18.0 Å². The maximum atomic E-state index is 14.8. The van der Waals surface area contributed by atoms with Crippen molar-refractivity contribution in [2.45, 2.75) is 69.9 Å². The highest BCUT2D eigenvalue weighted by Crippen LogP contribution is 2.35. The van der Waals surface area contributed by atoms with Crippen LogP contribution in [0.5, 0.6) is 5.75 Å². The number of amides is 6. The lowest BCUT2D eigenvalue weighted by molar-refractivity contribution is -0.189. The van der Waals surface area contributed by atoms with E-state index in [0.29, 0.717) is 5.69 Å². The summed E-state index contributed by atoms with van der Waals surface area (Å²) in [6.45, 7) is 4.65. The van der Waals surface area contributed by atoms with Crippen molar-refractivity contribution in [3.8, 4) is 16.9 Å². The molecule has 2 aliphatic heterocycles. The predicted molar refractivity (Wildman–Crippen MR) is 231 cm³/mol. The van der Waals surface area contributed by atoms with Gasteiger partial charge in [0, 0.05) is 62.0 Å². The summed E-state index contributed by atoms with van der Waals surface area (Å²) in [4.78, 5) is 59.1. The highest BCUT2D eigenvalue weighted by molar-refractivity contribution is 5.99. The van der Waals surface area contributed by atoms with Gasteiger partial charge in [0.2, 0.25) is 11.8 Å². The van der Waals surface area contributed by atoms with E-state index >= 15 is 0 Å². The Morgan fingerprint density at radius 3 is 2.37 bits per heavy atom. The van der Waals surface area contributed by atoms with Crippen LogP contribution in [0, 0.1) is 0 Å². The number of piperazine rings is 1. The normalized spacial score (nSPS) is 18.6. The Morgan fingerprint density at radius 2 is 1.63 bits per heavy atom. The minimum Gasteiger partial charge on any atom is -0.508 e. The zero-order valence-corrected chi connectivity index (χ0v) is 33.9. The average Bonchev–Trinajstić information content (AvgIpc) is 3.60. The van der Waals surface area contributed by atoms with Crippen molar-refractivity contribution in [3.05, 3.63) is 133 Å². The molecule has 0 radical (unpaired) electrons. The summed E-state index contributed by atoms with van der Waals surface area (Å²) in [7, 11) is 1.99. The van der Waals surface area contributed by atoms with Crippen LogP contribution in [-0.4, -0.2) is 91.3 Å². The number of hydrogen-bond acceptors (Lipinski definition) is 6. The molecule has 6 amide bonds. The highest BCUT2D eigenvalue weighted by atomic mass is 16.3. The Bertz CT molecular complexity index is 2360. The van der Waals surface area contributed by atoms with E-state index in [1.165, 1.54) is 6.42 Å². The third kappa shape index (κ3) is 8.57. The monoisotopic (exact) mass is 808 g/mol. The van der Waals surface area contributed by atoms with Gasteiger partial charge in [0.25, 0.3) is 0 Å². The van der Waals surface area contributed by atoms with E-state index in [9.17, 15) is 24.3 Å². The van der Waals surface area contributed by atoms with Crippen LogP contribution in [0.15, 0.2) is 116 Å². The maximum absolute atomic E-state index is 14.8. The summed E-state index contributed by atoms with van der Waals surface area (Å²) in [6.07, 6.45) is 8.67. The van der Waals surface area contributed by atoms with Crippen molar-refractivity contribution in [3.63, 3.8) is 0 Å². The number of carbonyl (C=O) groups is 4. The molecule has 4 N–H and O–H groups in total. The number of benzene rings is 4. The number of hydrogen-bond donors (Lipinski definition) is 4. The molecule has 3 aliphatic rings. The molecule has 0 bridgehead atoms. The standard InChI is InChI=1S/C47H52N8O5/c1-3-25-53-31-43(57)54-41(26-32-17-23-38(56)24-18-32)45(58)52(30-42(54)55(53)47(60)48-27-33-11-6-4-7-12-33)28-35-13-10-16-39-40(29-51(2)44(35)39)34-19-21-37(22-20-34)50-46(59)49-36-14-8-5-9-15-36/h3-4,6-7,10-13,16-24,29,36,41-42,56H,1,5,8-9,14-15,25-28,30-31H2,2H3,(H,48,60)(H2,49,50,59)/t41-,42-/m0/s1. The van der Waals surface area contributed by atoms with Gasteiger partial charge in [-0.25, -0.2) is 19.6 Å². The smallest absolute Gasteiger partial charge is 0.334 e. The Kier molecular flexibility index (Phi) is 11.9. The molecule has 5 aromatic rings. The number of urea groups is 2. The molecule has 60 heavy (non-hydrogen) atoms. The topological polar surface area (TPSA) is 142 Å². The first kappa shape index (κ1) is 40.2. The number of carbonyl (C=O) groups excluding carboxylic acids is 4. The quantitative estimate of drug-likeness (QED) is 0.109. The van der Waals surface area contributed by atoms with E-state index < -0.39 is 12.2 Å². The lowest BCUT2D eigenvalue weighted by Crippen LogP contribution is -2.76. The summed E-state index contributed by atoms with van der Waals surface area (Å²) < 4.78 is 2.07. The number of phenols is 1. The van der Waals surface area contributed by atoms with Crippen molar-refractivity contribution < 1.29 is 24.3 Å². The van der Waals surface area contributed by atoms with Crippen LogP contribution >= 0.6 is 0 Å². The van der Waals surface area contributed by atoms with Crippen LogP contribution in [0.25, 0.3) is 22.0 Å². The van der Waals surface area contributed by atoms with E-state index in [2.05, 4.69) is 39.4 Å². The number of rotatable bonds is 11. The number of nitrogens with one attached hydrogen (secondary N) is 3. The number of fused-ring (bicyclic) bond motifs is 2. The zero-order valence-electron chi connectivity index (χ0n) is 33.9. The summed E-state index contributed by atoms with van der Waals surface area (Å²) >= 11 is 0. The molecule has 0 unspecified atom stereocenters. The zero-order chi connectivity index (χ0) is 41.8. The van der Waals surface area contributed by atoms with Gasteiger partial charge in [0.15, 0.2) is 0 Å². The lowest BCUT2D eigenvalue weighted by Gasteiger charge is -2.55. The van der Waals surface area contributed by atoms with E-state index in [1.807, 2.05) is 73.8 Å². The van der Waals surface area contributed by atoms with Gasteiger partial charge < -0.3 is 35.4 Å². The summed E-state index contributed by atoms with van der Waals surface area (Å²) in [6, 6.07) is 28.9. The second-order valence-electron chi connectivity index (χ2n) is 16.0. The number of hydrazine groups is 1. The molecule has 8 rings (SSSR count). The second-order valence-corrected chi connectivity index (χ2v) is 16.0. The Morgan fingerprint density at radius 1 is 0.883 bits per heavy atom. The molecule has 13 nitrogen and oxygen atoms in total. The molecular weight excluding hydrogens is 757 g/mol. The Balaban J connectivity index is 1.08. The predicted octanol–water partition coefficient (Wildman–Crippen LogP) is 6.74. The number of nitrogens with zero attached hydrogens (tertiary/aromatic N) is 5. The van der Waals surface area contributed by atoms with E-state index in [4.69, 9.17) is 0 Å². The van der Waals surface area contributed by atoms with Crippen LogP contribution in [0.3, 0.4) is 0 Å². The molecule has 3 fully saturated rings. The summed E-state index contributed by atoms with van der Waals surface area (Å²) in [5.74, 6) is -0.383. The average molecular weight is 809 g/mol. The summed E-state index contributed by atoms with van der Waals surface area (Å²) in [5.41, 5.74) is 6.27. The lowest BCUT2D eigenvalue weighted by atomic mass is 9.96. The molecule has 4 aromatic carbocycles. The highest BCUT2D eigenvalue weighted by Gasteiger charge is 2.51. The van der Waals surface area contributed by atoms with Gasteiger partial charge in [-0.05, 0) is 59.4 Å². The van der Waals surface area contributed by atoms with E-state index in [-0.39, 0.29) is 74.8 Å². The van der Waals surface area contributed by atoms with Gasteiger partial charge in [0.05, 0.1) is 18.6 Å². The molecular formula is C47H52N8O5. The molecule has 2 atom stereocenters. The number of aromatic nitrogens is 1. The molecule has 0 spiro atoms. The molecule has 3 heterocycles. The van der Waals surface area contributed by atoms with Crippen LogP contribution in [0.1, 0.15) is 48.8 Å². The molecule has 13 heteroatoms. The minimum atomic E-state index is -0.906. The van der Waals surface area contributed by atoms with Gasteiger partial charge in [-0.3, -0.25) is 9.59 Å². The number of aromatic hydroxyl groups is 1. The van der Waals surface area contributed by atoms with Gasteiger partial charge >= 0.3 is 12.1 Å². The van der Waals surface area contributed by atoms with Crippen LogP contribution < -0.4 is 16.0 Å². The van der Waals surface area contributed by atoms with Crippen LogP contribution in [-0.2, 0) is 36.1 Å². The minimum absolute atomic E-state index is 0.0828. The molecule has 1 saturated carbocycles. The molecule has 1 aromatic heterocycles. The van der Waals surface area contributed by atoms with Crippen molar-refractivity contribution in [2.75, 3.05) is 25.0 Å². The Labute approximate surface area is 350 Å². The first-order chi connectivity index (χ1) is 29.2. The fourth-order valence-electron chi connectivity index (χ4n) is 9.00. The Hall–Kier alpha value is -6.60. The van der Waals surface area contributed by atoms with Crippen molar-refractivity contribution in [1.82, 2.24) is 35.0 Å². The fourth-order valence-corrected chi connectivity index (χ4v) is 9.00. The molecule has 2 saturated heterocycles. The fraction of sp³-hybridized carbons (Fsp3) is 0.319. The van der Waals surface area contributed by atoms with Crippen LogP contribution in [0.2, 0.25) is 0 Å².